The lowest BCUT2D eigenvalue weighted by Crippen LogP contribution is -2.47. The van der Waals surface area contributed by atoms with Gasteiger partial charge in [0.25, 0.3) is 0 Å². The van der Waals surface area contributed by atoms with Crippen molar-refractivity contribution in [2.45, 2.75) is 167 Å². The predicted molar refractivity (Wildman–Crippen MR) is 176 cm³/mol. The first-order chi connectivity index (χ1) is 22.4. The molecule has 0 N–H and O–H groups in total. The molecule has 0 bridgehead atoms. The average molecular weight is 675 g/mol. The van der Waals surface area contributed by atoms with Crippen LogP contribution >= 0.6 is 0 Å². The lowest BCUT2D eigenvalue weighted by atomic mass is 9.50. The molecule has 0 aromatic heterocycles. The molecule has 3 aliphatic rings. The molecule has 3 saturated carbocycles. The van der Waals surface area contributed by atoms with Crippen molar-refractivity contribution >= 4 is 0 Å². The number of hydrogen-bond acceptors (Lipinski definition) is 2. The smallest absolute Gasteiger partial charge is 0.402 e. The largest absolute Gasteiger partial charge is 0.465 e. The summed E-state index contributed by atoms with van der Waals surface area (Å²) in [5.41, 5.74) is 1.32. The van der Waals surface area contributed by atoms with E-state index in [-0.39, 0.29) is 11.8 Å². The average Bonchev–Trinajstić information content (AvgIpc) is 3.04. The third kappa shape index (κ3) is 10.3. The first kappa shape index (κ1) is 38.4. The summed E-state index contributed by atoms with van der Waals surface area (Å²) in [6.07, 6.45) is 9.54. The number of halogens is 6. The molecule has 0 aliphatic heterocycles. The molecule has 4 rings (SSSR count). The van der Waals surface area contributed by atoms with E-state index in [1.165, 1.54) is 96.3 Å². The molecule has 8 heteroatoms. The van der Waals surface area contributed by atoms with E-state index >= 15 is 0 Å². The van der Waals surface area contributed by atoms with Crippen molar-refractivity contribution in [1.29, 1.82) is 0 Å². The quantitative estimate of drug-likeness (QED) is 0.136. The molecule has 0 spiro atoms. The Bertz CT molecular complexity index is 958. The SMILES string of the molecule is CCC(c1ccc(OC(CCCC(C2CCCCC2)(C2CCCCC2)C2CCCCC2)OCC(C(F)(F)F)C(F)(F)F)cc1)C(C)C. The van der Waals surface area contributed by atoms with E-state index in [4.69, 9.17) is 9.47 Å². The maximum absolute atomic E-state index is 13.5. The molecule has 0 heterocycles. The van der Waals surface area contributed by atoms with Crippen LogP contribution in [0.4, 0.5) is 26.3 Å². The van der Waals surface area contributed by atoms with Crippen molar-refractivity contribution in [3.63, 3.8) is 0 Å². The van der Waals surface area contributed by atoms with Gasteiger partial charge in [-0.3, -0.25) is 0 Å². The monoisotopic (exact) mass is 674 g/mol. The molecule has 0 amide bonds. The van der Waals surface area contributed by atoms with Gasteiger partial charge in [-0.15, -0.1) is 0 Å². The summed E-state index contributed by atoms with van der Waals surface area (Å²) < 4.78 is 92.6. The minimum atomic E-state index is -5.45. The highest BCUT2D eigenvalue weighted by Crippen LogP contribution is 2.59. The summed E-state index contributed by atoms with van der Waals surface area (Å²) in [7, 11) is 0. The number of alkyl halides is 6. The Labute approximate surface area is 280 Å². The fraction of sp³-hybridized carbons (Fsp3) is 0.846. The van der Waals surface area contributed by atoms with Crippen LogP contribution in [0.15, 0.2) is 24.3 Å². The zero-order chi connectivity index (χ0) is 34.1. The van der Waals surface area contributed by atoms with E-state index in [1.54, 1.807) is 12.1 Å². The molecule has 2 atom stereocenters. The van der Waals surface area contributed by atoms with Crippen molar-refractivity contribution < 1.29 is 35.8 Å². The number of rotatable bonds is 15. The first-order valence-electron chi connectivity index (χ1n) is 18.9. The summed E-state index contributed by atoms with van der Waals surface area (Å²) >= 11 is 0. The summed E-state index contributed by atoms with van der Waals surface area (Å²) in [5.74, 6) is -0.436. The van der Waals surface area contributed by atoms with E-state index in [0.717, 1.165) is 18.4 Å². The van der Waals surface area contributed by atoms with Crippen LogP contribution < -0.4 is 4.74 Å². The molecule has 2 nitrogen and oxygen atoms in total. The lowest BCUT2D eigenvalue weighted by Gasteiger charge is -2.55. The third-order valence-electron chi connectivity index (χ3n) is 12.2. The second-order valence-electron chi connectivity index (χ2n) is 15.4. The molecule has 3 aliphatic carbocycles. The second-order valence-corrected chi connectivity index (χ2v) is 15.4. The van der Waals surface area contributed by atoms with Crippen LogP contribution in [-0.2, 0) is 4.74 Å². The van der Waals surface area contributed by atoms with E-state index in [2.05, 4.69) is 20.8 Å². The van der Waals surface area contributed by atoms with E-state index in [9.17, 15) is 26.3 Å². The minimum Gasteiger partial charge on any atom is -0.465 e. The molecular formula is C39H60F6O2. The van der Waals surface area contributed by atoms with Crippen LogP contribution in [-0.4, -0.2) is 25.2 Å². The van der Waals surface area contributed by atoms with Crippen LogP contribution in [0.5, 0.6) is 5.75 Å². The fourth-order valence-corrected chi connectivity index (χ4v) is 9.90. The summed E-state index contributed by atoms with van der Waals surface area (Å²) in [6, 6.07) is 7.46. The van der Waals surface area contributed by atoms with Gasteiger partial charge in [0, 0.05) is 6.42 Å². The molecule has 1 aromatic carbocycles. The van der Waals surface area contributed by atoms with Crippen LogP contribution in [0.1, 0.15) is 154 Å². The summed E-state index contributed by atoms with van der Waals surface area (Å²) in [5, 5.41) is 0. The molecule has 3 fully saturated rings. The predicted octanol–water partition coefficient (Wildman–Crippen LogP) is 13.2. The van der Waals surface area contributed by atoms with Gasteiger partial charge >= 0.3 is 12.4 Å². The van der Waals surface area contributed by atoms with Gasteiger partial charge < -0.3 is 9.47 Å². The fourth-order valence-electron chi connectivity index (χ4n) is 9.90. The summed E-state index contributed by atoms with van der Waals surface area (Å²) in [6.45, 7) is 4.95. The van der Waals surface area contributed by atoms with Crippen LogP contribution in [0, 0.1) is 35.0 Å². The molecule has 47 heavy (non-hydrogen) atoms. The Balaban J connectivity index is 1.57. The Morgan fingerprint density at radius 3 is 1.51 bits per heavy atom. The topological polar surface area (TPSA) is 18.5 Å². The van der Waals surface area contributed by atoms with Gasteiger partial charge in [-0.2, -0.15) is 26.3 Å². The maximum Gasteiger partial charge on any atom is 0.402 e. The highest BCUT2D eigenvalue weighted by molar-refractivity contribution is 5.29. The van der Waals surface area contributed by atoms with E-state index < -0.39 is 31.2 Å². The van der Waals surface area contributed by atoms with Gasteiger partial charge in [0.1, 0.15) is 5.75 Å². The van der Waals surface area contributed by atoms with Crippen LogP contribution in [0.25, 0.3) is 0 Å². The van der Waals surface area contributed by atoms with Crippen LogP contribution in [0.2, 0.25) is 0 Å². The molecule has 270 valence electrons. The Morgan fingerprint density at radius 2 is 1.13 bits per heavy atom. The van der Waals surface area contributed by atoms with E-state index in [0.29, 0.717) is 41.8 Å². The van der Waals surface area contributed by atoms with Gasteiger partial charge in [0.05, 0.1) is 6.61 Å². The molecule has 2 unspecified atom stereocenters. The van der Waals surface area contributed by atoms with Crippen molar-refractivity contribution in [3.05, 3.63) is 29.8 Å². The second kappa shape index (κ2) is 17.5. The standard InChI is InChI=1S/C39H60F6O2/c1-4-34(28(2)3)29-22-24-33(25-23-29)47-36(46-27-35(38(40,41)42)39(43,44)45)21-14-26-37(30-15-8-5-9-16-30,31-17-10-6-11-18-31)32-19-12-7-13-20-32/h22-25,28,30-32,34-36H,4-21,26-27H2,1-3H3. The highest BCUT2D eigenvalue weighted by atomic mass is 19.4. The zero-order valence-electron chi connectivity index (χ0n) is 29.1. The Morgan fingerprint density at radius 1 is 0.681 bits per heavy atom. The molecule has 1 aromatic rings. The van der Waals surface area contributed by atoms with Crippen LogP contribution in [0.3, 0.4) is 0 Å². The normalized spacial score (nSPS) is 21.3. The third-order valence-corrected chi connectivity index (χ3v) is 12.2. The molecule has 0 saturated heterocycles. The molecular weight excluding hydrogens is 614 g/mol. The van der Waals surface area contributed by atoms with Gasteiger partial charge in [0.2, 0.25) is 0 Å². The number of benzene rings is 1. The van der Waals surface area contributed by atoms with Gasteiger partial charge in [0.15, 0.2) is 12.2 Å². The van der Waals surface area contributed by atoms with Gasteiger partial charge in [-0.1, -0.05) is 90.7 Å². The summed E-state index contributed by atoms with van der Waals surface area (Å²) in [4.78, 5) is 0. The Hall–Kier alpha value is -1.44. The van der Waals surface area contributed by atoms with E-state index in [1.807, 2.05) is 12.1 Å². The van der Waals surface area contributed by atoms with Gasteiger partial charge in [-0.25, -0.2) is 0 Å². The number of hydrogen-bond donors (Lipinski definition) is 0. The van der Waals surface area contributed by atoms with Gasteiger partial charge in [-0.05, 0) is 110 Å². The maximum atomic E-state index is 13.5. The van der Waals surface area contributed by atoms with Crippen molar-refractivity contribution in [2.75, 3.05) is 6.61 Å². The van der Waals surface area contributed by atoms with Crippen molar-refractivity contribution in [1.82, 2.24) is 0 Å². The minimum absolute atomic E-state index is 0.180. The number of ether oxygens (including phenoxy) is 2. The zero-order valence-corrected chi connectivity index (χ0v) is 29.1. The van der Waals surface area contributed by atoms with Crippen molar-refractivity contribution in [3.8, 4) is 5.75 Å². The lowest BCUT2D eigenvalue weighted by molar-refractivity contribution is -0.301. The van der Waals surface area contributed by atoms with Crippen molar-refractivity contribution in [2.24, 2.45) is 35.0 Å². The highest BCUT2D eigenvalue weighted by Gasteiger charge is 2.57. The Kier molecular flexibility index (Phi) is 14.3. The molecule has 0 radical (unpaired) electrons. The first-order valence-corrected chi connectivity index (χ1v) is 18.9.